The Bertz CT molecular complexity index is 932. The maximum Gasteiger partial charge on any atom is 0.121 e. The van der Waals surface area contributed by atoms with E-state index in [0.717, 1.165) is 20.8 Å². The van der Waals surface area contributed by atoms with E-state index in [1.54, 1.807) is 24.5 Å². The molecule has 0 aliphatic heterocycles. The van der Waals surface area contributed by atoms with Crippen molar-refractivity contribution in [3.05, 3.63) is 53.6 Å². The summed E-state index contributed by atoms with van der Waals surface area (Å²) in [5, 5.41) is 10.0. The van der Waals surface area contributed by atoms with Gasteiger partial charge in [-0.3, -0.25) is 0 Å². The van der Waals surface area contributed by atoms with Crippen LogP contribution >= 0.6 is 11.3 Å². The smallest absolute Gasteiger partial charge is 0.121 e. The summed E-state index contributed by atoms with van der Waals surface area (Å²) in [6.45, 7) is -0.903. The van der Waals surface area contributed by atoms with Crippen molar-refractivity contribution in [3.63, 3.8) is 0 Å². The van der Waals surface area contributed by atoms with Crippen LogP contribution in [-0.4, -0.2) is 39.4 Å². The lowest BCUT2D eigenvalue weighted by Crippen LogP contribution is -2.19. The van der Waals surface area contributed by atoms with Gasteiger partial charge in [0.1, 0.15) is 36.5 Å². The maximum absolute atomic E-state index is 12.2. The number of fused-ring (bicyclic) bond motifs is 1. The van der Waals surface area contributed by atoms with Gasteiger partial charge in [0.2, 0.25) is 0 Å². The van der Waals surface area contributed by atoms with E-state index in [4.69, 9.17) is 4.74 Å². The van der Waals surface area contributed by atoms with E-state index < -0.39 is 12.8 Å². The highest BCUT2D eigenvalue weighted by molar-refractivity contribution is 7.19. The molecule has 0 amide bonds. The van der Waals surface area contributed by atoms with Crippen LogP contribution in [0.2, 0.25) is 0 Å². The first-order chi connectivity index (χ1) is 12.2. The molecule has 1 unspecified atom stereocenters. The van der Waals surface area contributed by atoms with Gasteiger partial charge in [-0.15, -0.1) is 11.3 Å². The van der Waals surface area contributed by atoms with Crippen molar-refractivity contribution in [2.24, 2.45) is 0 Å². The van der Waals surface area contributed by atoms with Crippen LogP contribution in [0.5, 0.6) is 5.75 Å². The second kappa shape index (κ2) is 8.33. The Hall–Kier alpha value is -2.82. The number of halogens is 1. The first-order valence-corrected chi connectivity index (χ1v) is 8.27. The highest BCUT2D eigenvalue weighted by atomic mass is 32.1. The quantitative estimate of drug-likeness (QED) is 0.713. The molecule has 0 fully saturated rings. The standard InChI is InChI=1S/C18H14FN3O2S/c19-8-14(23)11-24-15-5-6-16-17(7-15)25-18(22-16)4-2-1-3-13-9-20-12-21-10-13/h2,4-7,9-10,12,14,23H,8,11H2/b4-2+. The van der Waals surface area contributed by atoms with Crippen LogP contribution < -0.4 is 4.74 Å². The minimum absolute atomic E-state index is 0.0770. The molecule has 0 aliphatic rings. The molecule has 0 saturated carbocycles. The van der Waals surface area contributed by atoms with Gasteiger partial charge < -0.3 is 9.84 Å². The van der Waals surface area contributed by atoms with Crippen molar-refractivity contribution < 1.29 is 14.2 Å². The van der Waals surface area contributed by atoms with Gasteiger partial charge in [0.25, 0.3) is 0 Å². The molecule has 3 rings (SSSR count). The Morgan fingerprint density at radius 3 is 2.96 bits per heavy atom. The van der Waals surface area contributed by atoms with E-state index in [1.165, 1.54) is 17.7 Å². The molecule has 3 aromatic rings. The number of ether oxygens (including phenoxy) is 1. The van der Waals surface area contributed by atoms with Crippen molar-refractivity contribution in [2.45, 2.75) is 6.10 Å². The largest absolute Gasteiger partial charge is 0.491 e. The summed E-state index contributed by atoms with van der Waals surface area (Å²) < 4.78 is 18.5. The third-order valence-corrected chi connectivity index (χ3v) is 4.07. The molecule has 0 bridgehead atoms. The van der Waals surface area contributed by atoms with E-state index >= 15 is 0 Å². The lowest BCUT2D eigenvalue weighted by Gasteiger charge is -2.08. The Labute approximate surface area is 147 Å². The minimum atomic E-state index is -1.11. The molecule has 0 radical (unpaired) electrons. The summed E-state index contributed by atoms with van der Waals surface area (Å²) in [6.07, 6.45) is 7.19. The topological polar surface area (TPSA) is 68.1 Å². The fourth-order valence-corrected chi connectivity index (χ4v) is 2.82. The summed E-state index contributed by atoms with van der Waals surface area (Å²) in [4.78, 5) is 12.3. The van der Waals surface area contributed by atoms with Crippen molar-refractivity contribution in [3.8, 4) is 17.6 Å². The van der Waals surface area contributed by atoms with Crippen LogP contribution in [-0.2, 0) is 0 Å². The average Bonchev–Trinajstić information content (AvgIpc) is 3.06. The number of benzene rings is 1. The van der Waals surface area contributed by atoms with Crippen molar-refractivity contribution in [2.75, 3.05) is 13.3 Å². The van der Waals surface area contributed by atoms with Crippen LogP contribution in [0.3, 0.4) is 0 Å². The zero-order chi connectivity index (χ0) is 17.5. The van der Waals surface area contributed by atoms with Crippen molar-refractivity contribution in [1.29, 1.82) is 0 Å². The maximum atomic E-state index is 12.2. The Balaban J connectivity index is 1.69. The zero-order valence-electron chi connectivity index (χ0n) is 13.1. The number of thiazole rings is 1. The monoisotopic (exact) mass is 355 g/mol. The molecule has 7 heteroatoms. The predicted octanol–water partition coefficient (Wildman–Crippen LogP) is 2.86. The molecule has 0 aliphatic carbocycles. The highest BCUT2D eigenvalue weighted by Crippen LogP contribution is 2.27. The van der Waals surface area contributed by atoms with Gasteiger partial charge in [-0.1, -0.05) is 11.8 Å². The normalized spacial score (nSPS) is 12.1. The summed E-state index contributed by atoms with van der Waals surface area (Å²) in [5.74, 6) is 6.42. The first-order valence-electron chi connectivity index (χ1n) is 7.45. The van der Waals surface area contributed by atoms with Gasteiger partial charge >= 0.3 is 0 Å². The first kappa shape index (κ1) is 17.0. The third kappa shape index (κ3) is 4.83. The number of rotatable bonds is 5. The van der Waals surface area contributed by atoms with Gasteiger partial charge in [0, 0.05) is 12.4 Å². The molecule has 2 aromatic heterocycles. The molecule has 5 nitrogen and oxygen atoms in total. The Morgan fingerprint density at radius 1 is 1.32 bits per heavy atom. The lowest BCUT2D eigenvalue weighted by molar-refractivity contribution is 0.0842. The molecule has 25 heavy (non-hydrogen) atoms. The van der Waals surface area contributed by atoms with Gasteiger partial charge in [-0.05, 0) is 30.4 Å². The average molecular weight is 355 g/mol. The number of aromatic nitrogens is 3. The Kier molecular flexibility index (Phi) is 5.67. The number of hydrogen-bond acceptors (Lipinski definition) is 6. The summed E-state index contributed by atoms with van der Waals surface area (Å²) >= 11 is 1.49. The van der Waals surface area contributed by atoms with E-state index in [1.807, 2.05) is 18.2 Å². The number of hydrogen-bond donors (Lipinski definition) is 1. The second-order valence-electron chi connectivity index (χ2n) is 5.03. The van der Waals surface area contributed by atoms with E-state index in [9.17, 15) is 9.50 Å². The number of aliphatic hydroxyl groups excluding tert-OH is 1. The number of alkyl halides is 1. The van der Waals surface area contributed by atoms with Crippen molar-refractivity contribution >= 4 is 27.6 Å². The molecule has 1 N–H and O–H groups in total. The van der Waals surface area contributed by atoms with Crippen molar-refractivity contribution in [1.82, 2.24) is 15.0 Å². The van der Waals surface area contributed by atoms with Gasteiger partial charge in [0.05, 0.1) is 15.8 Å². The van der Waals surface area contributed by atoms with Crippen LogP contribution in [0, 0.1) is 11.8 Å². The SMILES string of the molecule is OC(CF)COc1ccc2nc(/C=C/C#Cc3cncnc3)sc2c1. The highest BCUT2D eigenvalue weighted by Gasteiger charge is 2.06. The summed E-state index contributed by atoms with van der Waals surface area (Å²) in [7, 11) is 0. The molecular formula is C18H14FN3O2S. The molecular weight excluding hydrogens is 341 g/mol. The lowest BCUT2D eigenvalue weighted by atomic mass is 10.3. The van der Waals surface area contributed by atoms with Gasteiger partial charge in [-0.25, -0.2) is 19.3 Å². The van der Waals surface area contributed by atoms with Crippen LogP contribution in [0.15, 0.2) is 43.0 Å². The zero-order valence-corrected chi connectivity index (χ0v) is 13.9. The number of aliphatic hydroxyl groups is 1. The predicted molar refractivity (Wildman–Crippen MR) is 95.0 cm³/mol. The number of nitrogens with zero attached hydrogens (tertiary/aromatic N) is 3. The number of allylic oxidation sites excluding steroid dienone is 1. The molecule has 1 aromatic carbocycles. The van der Waals surface area contributed by atoms with E-state index in [-0.39, 0.29) is 6.61 Å². The van der Waals surface area contributed by atoms with E-state index in [2.05, 4.69) is 26.8 Å². The molecule has 1 atom stereocenters. The van der Waals surface area contributed by atoms with Gasteiger partial charge in [0.15, 0.2) is 0 Å². The minimum Gasteiger partial charge on any atom is -0.491 e. The fourth-order valence-electron chi connectivity index (χ4n) is 1.92. The second-order valence-corrected chi connectivity index (χ2v) is 6.09. The third-order valence-electron chi connectivity index (χ3n) is 3.08. The summed E-state index contributed by atoms with van der Waals surface area (Å²) in [6, 6.07) is 5.39. The van der Waals surface area contributed by atoms with Crippen LogP contribution in [0.4, 0.5) is 4.39 Å². The van der Waals surface area contributed by atoms with Crippen LogP contribution in [0.1, 0.15) is 10.6 Å². The summed E-state index contributed by atoms with van der Waals surface area (Å²) in [5.41, 5.74) is 1.58. The molecule has 126 valence electrons. The molecule has 0 saturated heterocycles. The van der Waals surface area contributed by atoms with Gasteiger partial charge in [-0.2, -0.15) is 0 Å². The molecule has 2 heterocycles. The van der Waals surface area contributed by atoms with E-state index in [0.29, 0.717) is 5.75 Å². The molecule has 0 spiro atoms. The Morgan fingerprint density at radius 2 is 2.16 bits per heavy atom. The van der Waals surface area contributed by atoms with Crippen LogP contribution in [0.25, 0.3) is 16.3 Å². The fraction of sp³-hybridized carbons (Fsp3) is 0.167.